The van der Waals surface area contributed by atoms with Gasteiger partial charge in [-0.25, -0.2) is 0 Å². The Balaban J connectivity index is 2.10. The van der Waals surface area contributed by atoms with Crippen LogP contribution in [0.1, 0.15) is 56.2 Å². The quantitative estimate of drug-likeness (QED) is 0.772. The van der Waals surface area contributed by atoms with Crippen molar-refractivity contribution in [1.29, 1.82) is 0 Å². The van der Waals surface area contributed by atoms with Crippen molar-refractivity contribution >= 4 is 5.91 Å². The zero-order chi connectivity index (χ0) is 13.7. The van der Waals surface area contributed by atoms with Gasteiger partial charge in [-0.1, -0.05) is 13.3 Å². The van der Waals surface area contributed by atoms with Crippen molar-refractivity contribution in [3.8, 4) is 0 Å². The van der Waals surface area contributed by atoms with Gasteiger partial charge in [-0.15, -0.1) is 0 Å². The molecule has 4 nitrogen and oxygen atoms in total. The Morgan fingerprint density at radius 1 is 1.47 bits per heavy atom. The average Bonchev–Trinajstić information content (AvgIpc) is 2.70. The summed E-state index contributed by atoms with van der Waals surface area (Å²) in [4.78, 5) is 10.9. The van der Waals surface area contributed by atoms with E-state index in [0.29, 0.717) is 19.0 Å². The van der Waals surface area contributed by atoms with Crippen LogP contribution in [0, 0.1) is 0 Å². The first-order chi connectivity index (χ1) is 9.20. The van der Waals surface area contributed by atoms with Gasteiger partial charge in [-0.3, -0.25) is 4.79 Å². The molecule has 0 saturated heterocycles. The van der Waals surface area contributed by atoms with Crippen LogP contribution in [0.3, 0.4) is 0 Å². The summed E-state index contributed by atoms with van der Waals surface area (Å²) in [7, 11) is 0. The third-order valence-corrected chi connectivity index (χ3v) is 3.82. The molecule has 4 heteroatoms. The van der Waals surface area contributed by atoms with E-state index in [1.54, 1.807) is 0 Å². The standard InChI is InChI=1S/C15H25N3O/c1-2-8-17-14-6-4-3-5-12-10-18(11-13(12)14)9-7-15(16)19/h10-11,14,17H,2-9H2,1H3,(H2,16,19). The molecule has 0 saturated carbocycles. The van der Waals surface area contributed by atoms with Crippen LogP contribution in [0.25, 0.3) is 0 Å². The van der Waals surface area contributed by atoms with Crippen molar-refractivity contribution in [1.82, 2.24) is 9.88 Å². The molecule has 1 amide bonds. The fourth-order valence-electron chi connectivity index (χ4n) is 2.81. The maximum atomic E-state index is 10.9. The third kappa shape index (κ3) is 3.83. The molecule has 0 spiro atoms. The Kier molecular flexibility index (Phi) is 5.02. The van der Waals surface area contributed by atoms with Gasteiger partial charge in [-0.05, 0) is 43.4 Å². The van der Waals surface area contributed by atoms with Crippen LogP contribution in [0.2, 0.25) is 0 Å². The van der Waals surface area contributed by atoms with Crippen molar-refractivity contribution in [3.63, 3.8) is 0 Å². The van der Waals surface area contributed by atoms with Gasteiger partial charge in [0.1, 0.15) is 0 Å². The number of primary amides is 1. The summed E-state index contributed by atoms with van der Waals surface area (Å²) < 4.78 is 2.13. The van der Waals surface area contributed by atoms with Gasteiger partial charge in [0.15, 0.2) is 0 Å². The Morgan fingerprint density at radius 3 is 3.05 bits per heavy atom. The van der Waals surface area contributed by atoms with Crippen LogP contribution in [-0.4, -0.2) is 17.0 Å². The maximum Gasteiger partial charge on any atom is 0.219 e. The molecule has 0 bridgehead atoms. The molecule has 1 aliphatic rings. The molecule has 1 aromatic heterocycles. The zero-order valence-electron chi connectivity index (χ0n) is 11.8. The second kappa shape index (κ2) is 6.75. The van der Waals surface area contributed by atoms with Gasteiger partial charge >= 0.3 is 0 Å². The summed E-state index contributed by atoms with van der Waals surface area (Å²) in [6.45, 7) is 3.96. The Bertz CT molecular complexity index is 425. The lowest BCUT2D eigenvalue weighted by Gasteiger charge is -2.16. The van der Waals surface area contributed by atoms with E-state index in [1.165, 1.54) is 30.4 Å². The largest absolute Gasteiger partial charge is 0.370 e. The summed E-state index contributed by atoms with van der Waals surface area (Å²) >= 11 is 0. The molecule has 1 heterocycles. The van der Waals surface area contributed by atoms with Crippen molar-refractivity contribution in [2.45, 2.75) is 58.0 Å². The van der Waals surface area contributed by atoms with Crippen molar-refractivity contribution in [2.24, 2.45) is 5.73 Å². The number of aromatic nitrogens is 1. The lowest BCUT2D eigenvalue weighted by atomic mass is 10.0. The van der Waals surface area contributed by atoms with E-state index in [4.69, 9.17) is 5.73 Å². The third-order valence-electron chi connectivity index (χ3n) is 3.82. The summed E-state index contributed by atoms with van der Waals surface area (Å²) in [5.74, 6) is -0.232. The van der Waals surface area contributed by atoms with Crippen LogP contribution >= 0.6 is 0 Å². The summed E-state index contributed by atoms with van der Waals surface area (Å²) in [6.07, 6.45) is 10.9. The first-order valence-corrected chi connectivity index (χ1v) is 7.41. The number of carbonyl (C=O) groups is 1. The highest BCUT2D eigenvalue weighted by molar-refractivity contribution is 5.73. The highest BCUT2D eigenvalue weighted by atomic mass is 16.1. The number of fused-ring (bicyclic) bond motifs is 1. The van der Waals surface area contributed by atoms with Gasteiger partial charge in [0.05, 0.1) is 0 Å². The number of carbonyl (C=O) groups excluding carboxylic acids is 1. The fourth-order valence-corrected chi connectivity index (χ4v) is 2.81. The monoisotopic (exact) mass is 263 g/mol. The van der Waals surface area contributed by atoms with Crippen molar-refractivity contribution in [2.75, 3.05) is 6.54 Å². The van der Waals surface area contributed by atoms with Crippen LogP contribution in [0.5, 0.6) is 0 Å². The molecule has 0 fully saturated rings. The number of nitrogens with two attached hydrogens (primary N) is 1. The van der Waals surface area contributed by atoms with E-state index >= 15 is 0 Å². The molecule has 0 radical (unpaired) electrons. The van der Waals surface area contributed by atoms with E-state index in [1.807, 2.05) is 0 Å². The molecule has 106 valence electrons. The smallest absolute Gasteiger partial charge is 0.219 e. The molecule has 1 unspecified atom stereocenters. The van der Waals surface area contributed by atoms with Crippen LogP contribution in [0.4, 0.5) is 0 Å². The predicted molar refractivity (Wildman–Crippen MR) is 76.8 cm³/mol. The van der Waals surface area contributed by atoms with E-state index < -0.39 is 0 Å². The minimum Gasteiger partial charge on any atom is -0.370 e. The lowest BCUT2D eigenvalue weighted by Crippen LogP contribution is -2.21. The first-order valence-electron chi connectivity index (χ1n) is 7.41. The van der Waals surface area contributed by atoms with Crippen LogP contribution < -0.4 is 11.1 Å². The molecule has 3 N–H and O–H groups in total. The Hall–Kier alpha value is -1.29. The number of rotatable bonds is 6. The van der Waals surface area contributed by atoms with Gasteiger partial charge in [0, 0.05) is 31.4 Å². The molecule has 0 aromatic carbocycles. The Morgan fingerprint density at radius 2 is 2.32 bits per heavy atom. The molecule has 0 aliphatic heterocycles. The fraction of sp³-hybridized carbons (Fsp3) is 0.667. The highest BCUT2D eigenvalue weighted by Gasteiger charge is 2.19. The maximum absolute atomic E-state index is 10.9. The molecular formula is C15H25N3O. The SMILES string of the molecule is CCCNC1CCCCc2cn(CCC(N)=O)cc21. The first kappa shape index (κ1) is 14.1. The number of amides is 1. The highest BCUT2D eigenvalue weighted by Crippen LogP contribution is 2.29. The number of nitrogens with one attached hydrogen (secondary N) is 1. The number of aryl methyl sites for hydroxylation is 2. The molecule has 19 heavy (non-hydrogen) atoms. The summed E-state index contributed by atoms with van der Waals surface area (Å²) in [6, 6.07) is 0.479. The van der Waals surface area contributed by atoms with Gasteiger partial charge < -0.3 is 15.6 Å². The summed E-state index contributed by atoms with van der Waals surface area (Å²) in [5, 5.41) is 3.64. The number of hydrogen-bond donors (Lipinski definition) is 2. The molecule has 1 aliphatic carbocycles. The number of hydrogen-bond acceptors (Lipinski definition) is 2. The zero-order valence-corrected chi connectivity index (χ0v) is 11.8. The second-order valence-corrected chi connectivity index (χ2v) is 5.45. The summed E-state index contributed by atoms with van der Waals surface area (Å²) in [5.41, 5.74) is 8.08. The second-order valence-electron chi connectivity index (χ2n) is 5.45. The number of nitrogens with zero attached hydrogens (tertiary/aromatic N) is 1. The van der Waals surface area contributed by atoms with Crippen LogP contribution in [0.15, 0.2) is 12.4 Å². The van der Waals surface area contributed by atoms with Crippen molar-refractivity contribution in [3.05, 3.63) is 23.5 Å². The minimum absolute atomic E-state index is 0.232. The Labute approximate surface area is 115 Å². The normalized spacial score (nSPS) is 18.9. The van der Waals surface area contributed by atoms with E-state index in [0.717, 1.165) is 19.4 Å². The minimum atomic E-state index is -0.232. The topological polar surface area (TPSA) is 60.1 Å². The van der Waals surface area contributed by atoms with E-state index in [9.17, 15) is 4.79 Å². The van der Waals surface area contributed by atoms with E-state index in [-0.39, 0.29) is 5.91 Å². The van der Waals surface area contributed by atoms with Crippen molar-refractivity contribution < 1.29 is 4.79 Å². The molecule has 2 rings (SSSR count). The van der Waals surface area contributed by atoms with Crippen LogP contribution in [-0.2, 0) is 17.8 Å². The van der Waals surface area contributed by atoms with Gasteiger partial charge in [0.2, 0.25) is 5.91 Å². The predicted octanol–water partition coefficient (Wildman–Crippen LogP) is 2.13. The lowest BCUT2D eigenvalue weighted by molar-refractivity contribution is -0.118. The van der Waals surface area contributed by atoms with Gasteiger partial charge in [0.25, 0.3) is 0 Å². The molecular weight excluding hydrogens is 238 g/mol. The molecule has 1 aromatic rings. The average molecular weight is 263 g/mol. The van der Waals surface area contributed by atoms with Gasteiger partial charge in [-0.2, -0.15) is 0 Å². The van der Waals surface area contributed by atoms with E-state index in [2.05, 4.69) is 29.2 Å². The molecule has 1 atom stereocenters.